The average molecular weight is 391 g/mol. The Morgan fingerprint density at radius 2 is 1.63 bits per heavy atom. The highest BCUT2D eigenvalue weighted by Gasteiger charge is 2.12. The van der Waals surface area contributed by atoms with Gasteiger partial charge in [-0.3, -0.25) is 20.4 Å². The molecule has 0 saturated carbocycles. The molecule has 2 N–H and O–H groups in total. The molecule has 0 spiro atoms. The summed E-state index contributed by atoms with van der Waals surface area (Å²) in [5.74, 6) is 0.388. The van der Waals surface area contributed by atoms with Gasteiger partial charge in [-0.2, -0.15) is 0 Å². The summed E-state index contributed by atoms with van der Waals surface area (Å²) in [4.78, 5) is 23.9. The summed E-state index contributed by atoms with van der Waals surface area (Å²) in [7, 11) is 4.51. The normalized spacial score (nSPS) is 10.4. The highest BCUT2D eigenvalue weighted by Crippen LogP contribution is 2.38. The molecule has 27 heavy (non-hydrogen) atoms. The average Bonchev–Trinajstić information content (AvgIpc) is 2.69. The molecule has 2 aromatic carbocycles. The van der Waals surface area contributed by atoms with Crippen molar-refractivity contribution in [3.63, 3.8) is 0 Å². The molecule has 0 fully saturated rings. The van der Waals surface area contributed by atoms with Crippen molar-refractivity contribution < 1.29 is 23.8 Å². The minimum absolute atomic E-state index is 0.330. The van der Waals surface area contributed by atoms with Crippen LogP contribution < -0.4 is 25.1 Å². The summed E-state index contributed by atoms with van der Waals surface area (Å²) >= 11 is 5.83. The monoisotopic (exact) mass is 390 g/mol. The first kappa shape index (κ1) is 20.1. The molecule has 8 heteroatoms. The molecule has 0 heterocycles. The predicted molar refractivity (Wildman–Crippen MR) is 102 cm³/mol. The summed E-state index contributed by atoms with van der Waals surface area (Å²) in [6.07, 6.45) is 2.81. The van der Waals surface area contributed by atoms with E-state index in [1.165, 1.54) is 33.5 Å². The number of hydrogen-bond donors (Lipinski definition) is 2. The van der Waals surface area contributed by atoms with Gasteiger partial charge in [-0.05, 0) is 42.0 Å². The zero-order valence-electron chi connectivity index (χ0n) is 15.0. The number of rotatable bonds is 6. The number of halogens is 1. The van der Waals surface area contributed by atoms with Crippen LogP contribution in [0.2, 0.25) is 5.02 Å². The molecule has 2 aromatic rings. The highest BCUT2D eigenvalue weighted by molar-refractivity contribution is 6.30. The zero-order valence-corrected chi connectivity index (χ0v) is 15.8. The molecule has 0 aliphatic heterocycles. The Hall–Kier alpha value is -3.19. The van der Waals surface area contributed by atoms with Crippen molar-refractivity contribution in [3.8, 4) is 17.2 Å². The van der Waals surface area contributed by atoms with Gasteiger partial charge >= 0.3 is 0 Å². The number of amides is 2. The van der Waals surface area contributed by atoms with Crippen molar-refractivity contribution in [1.29, 1.82) is 0 Å². The first-order chi connectivity index (χ1) is 13.0. The van der Waals surface area contributed by atoms with Gasteiger partial charge in [0.1, 0.15) is 0 Å². The molecule has 2 rings (SSSR count). The van der Waals surface area contributed by atoms with Crippen LogP contribution in [0.4, 0.5) is 0 Å². The van der Waals surface area contributed by atoms with Crippen molar-refractivity contribution in [1.82, 2.24) is 10.9 Å². The van der Waals surface area contributed by atoms with Crippen LogP contribution in [0, 0.1) is 0 Å². The third kappa shape index (κ3) is 5.39. The van der Waals surface area contributed by atoms with E-state index in [1.807, 2.05) is 0 Å². The largest absolute Gasteiger partial charge is 0.493 e. The molecular weight excluding hydrogens is 372 g/mol. The van der Waals surface area contributed by atoms with E-state index in [-0.39, 0.29) is 0 Å². The lowest BCUT2D eigenvalue weighted by Crippen LogP contribution is -2.40. The third-order valence-corrected chi connectivity index (χ3v) is 3.74. The third-order valence-electron chi connectivity index (χ3n) is 3.50. The van der Waals surface area contributed by atoms with E-state index in [0.717, 1.165) is 0 Å². The van der Waals surface area contributed by atoms with E-state index in [4.69, 9.17) is 25.8 Å². The van der Waals surface area contributed by atoms with Crippen molar-refractivity contribution in [2.24, 2.45) is 0 Å². The van der Waals surface area contributed by atoms with Gasteiger partial charge in [0.2, 0.25) is 5.75 Å². The Kier molecular flexibility index (Phi) is 7.08. The number of ether oxygens (including phenoxy) is 3. The molecule has 7 nitrogen and oxygen atoms in total. The molecule has 2 amide bonds. The van der Waals surface area contributed by atoms with Gasteiger partial charge in [-0.25, -0.2) is 0 Å². The van der Waals surface area contributed by atoms with Crippen LogP contribution in [0.5, 0.6) is 17.2 Å². The van der Waals surface area contributed by atoms with Crippen LogP contribution in [0.15, 0.2) is 42.5 Å². The number of hydrazine groups is 1. The minimum atomic E-state index is -0.515. The van der Waals surface area contributed by atoms with E-state index in [1.54, 1.807) is 36.4 Å². The van der Waals surface area contributed by atoms with Gasteiger partial charge in [0, 0.05) is 16.7 Å². The molecule has 0 unspecified atom stereocenters. The van der Waals surface area contributed by atoms with Crippen molar-refractivity contribution in [2.45, 2.75) is 0 Å². The number of carbonyl (C=O) groups excluding carboxylic acids is 2. The Morgan fingerprint density at radius 1 is 0.963 bits per heavy atom. The van der Waals surface area contributed by atoms with E-state index in [0.29, 0.717) is 33.4 Å². The molecule has 0 bridgehead atoms. The maximum Gasteiger partial charge on any atom is 0.269 e. The second-order valence-electron chi connectivity index (χ2n) is 5.25. The second-order valence-corrected chi connectivity index (χ2v) is 5.68. The number of methoxy groups -OCH3 is 3. The van der Waals surface area contributed by atoms with E-state index >= 15 is 0 Å². The van der Waals surface area contributed by atoms with Crippen LogP contribution in [0.25, 0.3) is 6.08 Å². The topological polar surface area (TPSA) is 85.9 Å². The van der Waals surface area contributed by atoms with Crippen LogP contribution in [0.3, 0.4) is 0 Å². The molecule has 0 atom stereocenters. The molecule has 0 aliphatic carbocycles. The van der Waals surface area contributed by atoms with Crippen LogP contribution in [0.1, 0.15) is 15.9 Å². The summed E-state index contributed by atoms with van der Waals surface area (Å²) in [6, 6.07) is 9.75. The fourth-order valence-corrected chi connectivity index (χ4v) is 2.42. The maximum absolute atomic E-state index is 12.0. The summed E-state index contributed by atoms with van der Waals surface area (Å²) in [5, 5.41) is 0.427. The summed E-state index contributed by atoms with van der Waals surface area (Å²) in [6.45, 7) is 0. The predicted octanol–water partition coefficient (Wildman–Crippen LogP) is 2.84. The van der Waals surface area contributed by atoms with Crippen molar-refractivity contribution >= 4 is 29.5 Å². The molecule has 0 aliphatic rings. The summed E-state index contributed by atoms with van der Waals surface area (Å²) < 4.78 is 15.8. The highest BCUT2D eigenvalue weighted by atomic mass is 35.5. The van der Waals surface area contributed by atoms with Crippen LogP contribution in [-0.4, -0.2) is 33.1 Å². The lowest BCUT2D eigenvalue weighted by Gasteiger charge is -2.12. The van der Waals surface area contributed by atoms with Gasteiger partial charge in [-0.1, -0.05) is 17.7 Å². The molecule has 0 aromatic heterocycles. The minimum Gasteiger partial charge on any atom is -0.493 e. The second kappa shape index (κ2) is 9.49. The number of nitrogens with one attached hydrogen (secondary N) is 2. The van der Waals surface area contributed by atoms with Crippen LogP contribution >= 0.6 is 11.6 Å². The van der Waals surface area contributed by atoms with Crippen molar-refractivity contribution in [3.05, 3.63) is 58.6 Å². The van der Waals surface area contributed by atoms with Gasteiger partial charge in [0.15, 0.2) is 11.5 Å². The quantitative estimate of drug-likeness (QED) is 0.585. The Labute approximate surface area is 161 Å². The van der Waals surface area contributed by atoms with E-state index < -0.39 is 11.8 Å². The standard InChI is InChI=1S/C19H19ClN2O5/c1-25-15-9-12(10-16(26-2)18(15)27-3)7-8-17(23)21-22-19(24)13-5-4-6-14(20)11-13/h4-11H,1-3H3,(H,21,23)(H,22,24)/b8-7+. The lowest BCUT2D eigenvalue weighted by atomic mass is 10.1. The van der Waals surface area contributed by atoms with Gasteiger partial charge in [-0.15, -0.1) is 0 Å². The smallest absolute Gasteiger partial charge is 0.269 e. The Balaban J connectivity index is 2.03. The molecule has 142 valence electrons. The van der Waals surface area contributed by atoms with Gasteiger partial charge in [0.25, 0.3) is 11.8 Å². The first-order valence-corrected chi connectivity index (χ1v) is 8.20. The SMILES string of the molecule is COc1cc(/C=C/C(=O)NNC(=O)c2cccc(Cl)c2)cc(OC)c1OC. The fourth-order valence-electron chi connectivity index (χ4n) is 2.23. The van der Waals surface area contributed by atoms with Crippen LogP contribution in [-0.2, 0) is 4.79 Å². The Morgan fingerprint density at radius 3 is 2.19 bits per heavy atom. The number of hydrogen-bond acceptors (Lipinski definition) is 5. The molecule has 0 radical (unpaired) electrons. The molecule has 0 saturated heterocycles. The molecular formula is C19H19ClN2O5. The van der Waals surface area contributed by atoms with Gasteiger partial charge in [0.05, 0.1) is 21.3 Å². The maximum atomic E-state index is 12.0. The number of carbonyl (C=O) groups is 2. The van der Waals surface area contributed by atoms with Gasteiger partial charge < -0.3 is 14.2 Å². The first-order valence-electron chi connectivity index (χ1n) is 7.82. The summed E-state index contributed by atoms with van der Waals surface area (Å²) in [5.41, 5.74) is 5.59. The lowest BCUT2D eigenvalue weighted by molar-refractivity contribution is -0.117. The van der Waals surface area contributed by atoms with Crippen molar-refractivity contribution in [2.75, 3.05) is 21.3 Å². The van der Waals surface area contributed by atoms with E-state index in [2.05, 4.69) is 10.9 Å². The Bertz CT molecular complexity index is 842. The van der Waals surface area contributed by atoms with E-state index in [9.17, 15) is 9.59 Å². The zero-order chi connectivity index (χ0) is 19.8. The fraction of sp³-hybridized carbons (Fsp3) is 0.158. The number of benzene rings is 2.